The van der Waals surface area contributed by atoms with Crippen LogP contribution >= 0.6 is 0 Å². The Kier molecular flexibility index (Phi) is 5.70. The molecule has 158 valence electrons. The summed E-state index contributed by atoms with van der Waals surface area (Å²) in [5.74, 6) is 0. The van der Waals surface area contributed by atoms with Crippen molar-refractivity contribution < 1.29 is 0 Å². The van der Waals surface area contributed by atoms with Gasteiger partial charge in [0.05, 0.1) is 6.67 Å². The topological polar surface area (TPSA) is 6.48 Å². The van der Waals surface area contributed by atoms with E-state index in [0.29, 0.717) is 0 Å². The van der Waals surface area contributed by atoms with E-state index in [0.717, 1.165) is 6.67 Å². The van der Waals surface area contributed by atoms with Gasteiger partial charge in [0, 0.05) is 25.1 Å². The molecular weight excluding hydrogens is 375 g/mol. The molecule has 3 aromatic rings. The Morgan fingerprint density at radius 3 is 1.65 bits per heavy atom. The van der Waals surface area contributed by atoms with Gasteiger partial charge in [-0.05, 0) is 53.7 Å². The lowest BCUT2D eigenvalue weighted by Crippen LogP contribution is -2.56. The minimum atomic E-state index is 0.213. The largest absolute Gasteiger partial charge is 0.361 e. The van der Waals surface area contributed by atoms with Crippen LogP contribution in [0.2, 0.25) is 0 Å². The third-order valence-electron chi connectivity index (χ3n) is 6.47. The Balaban J connectivity index is 1.94. The summed E-state index contributed by atoms with van der Waals surface area (Å²) in [6, 6.07) is 18.4. The summed E-state index contributed by atoms with van der Waals surface area (Å²) < 4.78 is 0. The van der Waals surface area contributed by atoms with Crippen molar-refractivity contribution in [1.82, 2.24) is 4.90 Å². The SMILES string of the molecule is Cc1cc(C)c(B(c2cccc(N3C=CN(C)C3)c2)c2c(C)cc(C)cc2C)c(C)c1. The van der Waals surface area contributed by atoms with Gasteiger partial charge in [-0.15, -0.1) is 0 Å². The van der Waals surface area contributed by atoms with Gasteiger partial charge >= 0.3 is 0 Å². The minimum absolute atomic E-state index is 0.213. The van der Waals surface area contributed by atoms with Crippen LogP contribution in [-0.2, 0) is 0 Å². The number of benzene rings is 3. The van der Waals surface area contributed by atoms with Crippen molar-refractivity contribution >= 4 is 28.8 Å². The smallest absolute Gasteiger partial charge is 0.242 e. The molecule has 3 aromatic carbocycles. The molecule has 1 aliphatic heterocycles. The van der Waals surface area contributed by atoms with Gasteiger partial charge in [-0.2, -0.15) is 0 Å². The predicted octanol–water partition coefficient (Wildman–Crippen LogP) is 4.23. The van der Waals surface area contributed by atoms with Gasteiger partial charge in [0.15, 0.2) is 0 Å². The summed E-state index contributed by atoms with van der Waals surface area (Å²) in [7, 11) is 2.11. The van der Waals surface area contributed by atoms with E-state index < -0.39 is 0 Å². The normalized spacial score (nSPS) is 13.3. The summed E-state index contributed by atoms with van der Waals surface area (Å²) in [6.45, 7) is 14.6. The Morgan fingerprint density at radius 2 is 1.19 bits per heavy atom. The van der Waals surface area contributed by atoms with E-state index >= 15 is 0 Å². The highest BCUT2D eigenvalue weighted by molar-refractivity contribution is 6.96. The maximum Gasteiger partial charge on any atom is 0.242 e. The van der Waals surface area contributed by atoms with Gasteiger partial charge in [0.2, 0.25) is 6.71 Å². The highest BCUT2D eigenvalue weighted by Gasteiger charge is 2.29. The van der Waals surface area contributed by atoms with Crippen molar-refractivity contribution in [3.63, 3.8) is 0 Å². The van der Waals surface area contributed by atoms with Crippen LogP contribution in [0.15, 0.2) is 60.9 Å². The number of rotatable bonds is 4. The van der Waals surface area contributed by atoms with Crippen molar-refractivity contribution in [1.29, 1.82) is 0 Å². The molecule has 0 N–H and O–H groups in total. The zero-order valence-corrected chi connectivity index (χ0v) is 20.0. The summed E-state index contributed by atoms with van der Waals surface area (Å²) in [6.07, 6.45) is 4.30. The molecule has 3 heteroatoms. The first kappa shape index (κ1) is 21.3. The number of aryl methyl sites for hydroxylation is 6. The quantitative estimate of drug-likeness (QED) is 0.596. The van der Waals surface area contributed by atoms with Crippen molar-refractivity contribution in [2.24, 2.45) is 0 Å². The molecule has 0 fully saturated rings. The highest BCUT2D eigenvalue weighted by atomic mass is 15.3. The van der Waals surface area contributed by atoms with E-state index in [2.05, 4.69) is 119 Å². The Labute approximate surface area is 188 Å². The number of anilines is 1. The van der Waals surface area contributed by atoms with Crippen LogP contribution in [0.25, 0.3) is 0 Å². The van der Waals surface area contributed by atoms with Crippen molar-refractivity contribution in [3.8, 4) is 0 Å². The van der Waals surface area contributed by atoms with Crippen LogP contribution in [0.3, 0.4) is 0 Å². The van der Waals surface area contributed by atoms with E-state index in [9.17, 15) is 0 Å². The van der Waals surface area contributed by atoms with Crippen molar-refractivity contribution in [2.45, 2.75) is 41.5 Å². The molecule has 2 nitrogen and oxygen atoms in total. The summed E-state index contributed by atoms with van der Waals surface area (Å²) >= 11 is 0. The molecule has 31 heavy (non-hydrogen) atoms. The molecule has 0 spiro atoms. The van der Waals surface area contributed by atoms with Crippen LogP contribution in [0.1, 0.15) is 33.4 Å². The molecule has 1 heterocycles. The fraction of sp³-hybridized carbons (Fsp3) is 0.286. The zero-order valence-electron chi connectivity index (χ0n) is 20.0. The molecule has 0 bridgehead atoms. The van der Waals surface area contributed by atoms with E-state index in [4.69, 9.17) is 0 Å². The van der Waals surface area contributed by atoms with Gasteiger partial charge in [-0.3, -0.25) is 0 Å². The second-order valence-corrected chi connectivity index (χ2v) is 9.32. The summed E-state index contributed by atoms with van der Waals surface area (Å²) in [4.78, 5) is 4.51. The molecule has 0 unspecified atom stereocenters. The van der Waals surface area contributed by atoms with Gasteiger partial charge in [-0.25, -0.2) is 0 Å². The molecule has 0 saturated heterocycles. The van der Waals surface area contributed by atoms with Crippen LogP contribution in [0, 0.1) is 41.5 Å². The van der Waals surface area contributed by atoms with Crippen LogP contribution < -0.4 is 21.3 Å². The minimum Gasteiger partial charge on any atom is -0.361 e. The molecule has 0 saturated carbocycles. The average molecular weight is 408 g/mol. The molecular formula is C28H33BN2. The standard InChI is InChI=1S/C28H33BN2/c1-19-13-21(3)27(22(4)14-19)29(28-23(5)15-20(2)16-24(28)6)25-9-8-10-26(17-25)31-12-11-30(7)18-31/h8-17H,18H2,1-7H3. The van der Waals surface area contributed by atoms with Gasteiger partial charge in [0.25, 0.3) is 0 Å². The first-order chi connectivity index (χ1) is 14.7. The number of nitrogens with zero attached hydrogens (tertiary/aromatic N) is 2. The van der Waals surface area contributed by atoms with E-state index in [1.807, 2.05) is 0 Å². The van der Waals surface area contributed by atoms with Crippen LogP contribution in [0.5, 0.6) is 0 Å². The van der Waals surface area contributed by atoms with E-state index in [1.54, 1.807) is 0 Å². The first-order valence-electron chi connectivity index (χ1n) is 11.1. The Morgan fingerprint density at radius 1 is 0.677 bits per heavy atom. The van der Waals surface area contributed by atoms with Gasteiger partial charge in [-0.1, -0.05) is 86.2 Å². The third kappa shape index (κ3) is 4.14. The second-order valence-electron chi connectivity index (χ2n) is 9.32. The van der Waals surface area contributed by atoms with Gasteiger partial charge < -0.3 is 9.80 Å². The maximum atomic E-state index is 2.38. The number of hydrogen-bond donors (Lipinski definition) is 0. The van der Waals surface area contributed by atoms with Crippen molar-refractivity contribution in [2.75, 3.05) is 18.6 Å². The second kappa shape index (κ2) is 8.30. The fourth-order valence-electron chi connectivity index (χ4n) is 5.35. The molecule has 4 rings (SSSR count). The van der Waals surface area contributed by atoms with Gasteiger partial charge in [0.1, 0.15) is 0 Å². The van der Waals surface area contributed by atoms with Crippen LogP contribution in [-0.4, -0.2) is 25.3 Å². The van der Waals surface area contributed by atoms with E-state index in [1.165, 1.54) is 55.5 Å². The Bertz CT molecular complexity index is 1060. The molecule has 0 aromatic heterocycles. The number of hydrogen-bond acceptors (Lipinski definition) is 2. The lowest BCUT2D eigenvalue weighted by atomic mass is 9.34. The molecule has 0 radical (unpaired) electrons. The maximum absolute atomic E-state index is 2.38. The fourth-order valence-corrected chi connectivity index (χ4v) is 5.35. The molecule has 0 aliphatic carbocycles. The zero-order chi connectivity index (χ0) is 22.3. The third-order valence-corrected chi connectivity index (χ3v) is 6.47. The monoisotopic (exact) mass is 408 g/mol. The molecule has 0 amide bonds. The summed E-state index contributed by atoms with van der Waals surface area (Å²) in [5.41, 5.74) is 13.6. The average Bonchev–Trinajstić information content (AvgIpc) is 3.12. The molecule has 1 aliphatic rings. The van der Waals surface area contributed by atoms with E-state index in [-0.39, 0.29) is 6.71 Å². The lowest BCUT2D eigenvalue weighted by Gasteiger charge is -2.26. The highest BCUT2D eigenvalue weighted by Crippen LogP contribution is 2.19. The summed E-state index contributed by atoms with van der Waals surface area (Å²) in [5, 5.41) is 0. The van der Waals surface area contributed by atoms with Crippen molar-refractivity contribution in [3.05, 3.63) is 94.3 Å². The van der Waals surface area contributed by atoms with Crippen LogP contribution in [0.4, 0.5) is 5.69 Å². The Hall–Kier alpha value is -2.94. The molecule has 0 atom stereocenters. The first-order valence-corrected chi connectivity index (χ1v) is 11.1. The predicted molar refractivity (Wildman–Crippen MR) is 137 cm³/mol. The lowest BCUT2D eigenvalue weighted by molar-refractivity contribution is 0.496.